The summed E-state index contributed by atoms with van der Waals surface area (Å²) >= 11 is 0. The van der Waals surface area contributed by atoms with Crippen LogP contribution in [0.2, 0.25) is 0 Å². The Bertz CT molecular complexity index is 1060. The Morgan fingerprint density at radius 3 is 2.75 bits per heavy atom. The third-order valence-corrected chi connectivity index (χ3v) is 5.98. The van der Waals surface area contributed by atoms with Gasteiger partial charge in [-0.25, -0.2) is 23.5 Å². The summed E-state index contributed by atoms with van der Waals surface area (Å²) in [6.45, 7) is 1.05. The van der Waals surface area contributed by atoms with E-state index in [0.29, 0.717) is 36.2 Å². The van der Waals surface area contributed by atoms with E-state index in [0.717, 1.165) is 5.56 Å². The van der Waals surface area contributed by atoms with Crippen LogP contribution in [0.1, 0.15) is 6.42 Å². The van der Waals surface area contributed by atoms with Crippen LogP contribution in [0.5, 0.6) is 0 Å². The Morgan fingerprint density at radius 1 is 1.31 bits per heavy atom. The number of benzene rings is 1. The number of carbonyl (C=O) groups excluding carboxylic acids is 2. The molecule has 3 heterocycles. The topological polar surface area (TPSA) is 99.7 Å². The highest BCUT2D eigenvalue weighted by molar-refractivity contribution is 6.05. The van der Waals surface area contributed by atoms with Crippen LogP contribution in [-0.4, -0.2) is 67.2 Å². The van der Waals surface area contributed by atoms with E-state index >= 15 is 0 Å². The number of nitrogens with zero attached hydrogens (tertiary/aromatic N) is 4. The van der Waals surface area contributed by atoms with E-state index in [2.05, 4.69) is 15.6 Å². The van der Waals surface area contributed by atoms with Crippen molar-refractivity contribution in [1.82, 2.24) is 15.3 Å². The molecule has 3 aliphatic rings. The van der Waals surface area contributed by atoms with E-state index in [-0.39, 0.29) is 31.5 Å². The fourth-order valence-corrected chi connectivity index (χ4v) is 4.04. The number of amides is 3. The molecule has 0 spiro atoms. The highest BCUT2D eigenvalue weighted by Gasteiger charge is 2.58. The van der Waals surface area contributed by atoms with Gasteiger partial charge in [0.2, 0.25) is 0 Å². The molecule has 0 radical (unpaired) electrons. The summed E-state index contributed by atoms with van der Waals surface area (Å²) in [6.07, 6.45) is 1.31. The second-order valence-corrected chi connectivity index (χ2v) is 8.08. The molecular weight excluding hydrogens is 422 g/mol. The van der Waals surface area contributed by atoms with E-state index in [1.807, 2.05) is 4.90 Å². The molecule has 9 nitrogen and oxygen atoms in total. The van der Waals surface area contributed by atoms with Gasteiger partial charge in [0.1, 0.15) is 11.7 Å². The van der Waals surface area contributed by atoms with Gasteiger partial charge in [0.25, 0.3) is 11.8 Å². The van der Waals surface area contributed by atoms with Crippen molar-refractivity contribution in [2.75, 3.05) is 48.5 Å². The van der Waals surface area contributed by atoms with Gasteiger partial charge in [-0.15, -0.1) is 0 Å². The lowest BCUT2D eigenvalue weighted by Crippen LogP contribution is -2.59. The van der Waals surface area contributed by atoms with Gasteiger partial charge in [0.15, 0.2) is 11.6 Å². The van der Waals surface area contributed by atoms with E-state index in [1.165, 1.54) is 18.1 Å². The minimum absolute atomic E-state index is 0.0638. The zero-order chi connectivity index (χ0) is 22.5. The fraction of sp³-hybridized carbons (Fsp3) is 0.429. The number of morpholine rings is 1. The van der Waals surface area contributed by atoms with Crippen LogP contribution in [-0.2, 0) is 9.53 Å². The number of carbonyl (C=O) groups is 2. The molecule has 2 unspecified atom stereocenters. The number of rotatable bonds is 4. The summed E-state index contributed by atoms with van der Waals surface area (Å²) in [7, 11) is 1.53. The first kappa shape index (κ1) is 20.6. The molecule has 2 atom stereocenters. The first-order valence-corrected chi connectivity index (χ1v) is 10.4. The van der Waals surface area contributed by atoms with Gasteiger partial charge < -0.3 is 25.2 Å². The van der Waals surface area contributed by atoms with Crippen LogP contribution < -0.4 is 20.4 Å². The van der Waals surface area contributed by atoms with E-state index in [1.54, 1.807) is 24.3 Å². The first-order valence-electron chi connectivity index (χ1n) is 10.4. The second-order valence-electron chi connectivity index (χ2n) is 8.08. The highest BCUT2D eigenvalue weighted by atomic mass is 19.3. The molecule has 5 rings (SSSR count). The molecule has 1 aliphatic carbocycles. The van der Waals surface area contributed by atoms with Gasteiger partial charge in [0, 0.05) is 43.7 Å². The molecule has 0 bridgehead atoms. The maximum atomic E-state index is 13.6. The smallest absolute Gasteiger partial charge is 0.318 e. The predicted molar refractivity (Wildman–Crippen MR) is 113 cm³/mol. The predicted octanol–water partition coefficient (Wildman–Crippen LogP) is 2.10. The van der Waals surface area contributed by atoms with Crippen LogP contribution in [0.4, 0.5) is 30.8 Å². The van der Waals surface area contributed by atoms with Crippen molar-refractivity contribution in [1.29, 1.82) is 0 Å². The van der Waals surface area contributed by atoms with Gasteiger partial charge in [-0.1, -0.05) is 0 Å². The van der Waals surface area contributed by atoms with Gasteiger partial charge in [0.05, 0.1) is 19.4 Å². The number of urea groups is 1. The quantitative estimate of drug-likeness (QED) is 0.749. The monoisotopic (exact) mass is 444 g/mol. The minimum atomic E-state index is -2.73. The number of hydrogen-bond donors (Lipinski definition) is 2. The Hall–Kier alpha value is -3.34. The molecule has 2 aromatic rings. The average Bonchev–Trinajstić information content (AvgIpc) is 3.42. The lowest BCUT2D eigenvalue weighted by molar-refractivity contribution is -0.122. The summed E-state index contributed by atoms with van der Waals surface area (Å²) < 4.78 is 32.6. The molecule has 3 amide bonds. The number of hydrogen-bond acceptors (Lipinski definition) is 6. The molecule has 2 aliphatic heterocycles. The van der Waals surface area contributed by atoms with Crippen molar-refractivity contribution in [2.45, 2.75) is 18.4 Å². The van der Waals surface area contributed by atoms with Crippen LogP contribution in [0.3, 0.4) is 0 Å². The molecular formula is C21H22F2N6O3. The van der Waals surface area contributed by atoms with Crippen LogP contribution in [0, 0.1) is 5.92 Å². The van der Waals surface area contributed by atoms with Gasteiger partial charge in [-0.05, 0) is 24.3 Å². The Labute approximate surface area is 182 Å². The van der Waals surface area contributed by atoms with E-state index in [4.69, 9.17) is 9.72 Å². The summed E-state index contributed by atoms with van der Waals surface area (Å²) in [6, 6.07) is 6.10. The largest absolute Gasteiger partial charge is 0.377 e. The van der Waals surface area contributed by atoms with E-state index in [9.17, 15) is 18.4 Å². The lowest BCUT2D eigenvalue weighted by Gasteiger charge is -2.44. The average molecular weight is 444 g/mol. The van der Waals surface area contributed by atoms with Crippen LogP contribution in [0.15, 0.2) is 30.5 Å². The SMILES string of the molecule is CNC(=O)Nc1ccc(-c2ncc3c(n2)N2CCOCC2C(=O)N3CC2CC2(F)F)cc1. The van der Waals surface area contributed by atoms with Crippen molar-refractivity contribution < 1.29 is 23.1 Å². The number of halogens is 2. The normalized spacial score (nSPS) is 23.3. The number of nitrogens with one attached hydrogen (secondary N) is 2. The molecule has 2 N–H and O–H groups in total. The molecule has 1 saturated heterocycles. The molecule has 2 fully saturated rings. The Morgan fingerprint density at radius 2 is 2.06 bits per heavy atom. The number of alkyl halides is 2. The molecule has 32 heavy (non-hydrogen) atoms. The van der Waals surface area contributed by atoms with E-state index < -0.39 is 17.9 Å². The van der Waals surface area contributed by atoms with Gasteiger partial charge in [-0.3, -0.25) is 4.79 Å². The zero-order valence-corrected chi connectivity index (χ0v) is 17.3. The third-order valence-electron chi connectivity index (χ3n) is 5.98. The lowest BCUT2D eigenvalue weighted by atomic mass is 10.1. The molecule has 1 aromatic carbocycles. The van der Waals surface area contributed by atoms with Crippen molar-refractivity contribution in [3.63, 3.8) is 0 Å². The zero-order valence-electron chi connectivity index (χ0n) is 17.3. The van der Waals surface area contributed by atoms with Gasteiger partial charge in [-0.2, -0.15) is 0 Å². The Balaban J connectivity index is 1.47. The third kappa shape index (κ3) is 3.62. The van der Waals surface area contributed by atoms with Gasteiger partial charge >= 0.3 is 6.03 Å². The maximum absolute atomic E-state index is 13.6. The first-order chi connectivity index (χ1) is 15.4. The Kier molecular flexibility index (Phi) is 4.92. The number of aromatic nitrogens is 2. The second kappa shape index (κ2) is 7.66. The molecule has 1 saturated carbocycles. The van der Waals surface area contributed by atoms with Crippen molar-refractivity contribution >= 4 is 29.1 Å². The summed E-state index contributed by atoms with van der Waals surface area (Å²) in [5, 5.41) is 5.16. The van der Waals surface area contributed by atoms with Crippen molar-refractivity contribution in [3.8, 4) is 11.4 Å². The molecule has 11 heteroatoms. The highest BCUT2D eigenvalue weighted by Crippen LogP contribution is 2.50. The summed E-state index contributed by atoms with van der Waals surface area (Å²) in [5.74, 6) is -2.87. The standard InChI is InChI=1S/C21H22F2N6O3/c1-24-20(31)26-14-4-2-12(3-5-14)17-25-9-15-18(27-17)28-6-7-32-11-16(28)19(30)29(15)10-13-8-21(13,22)23/h2-5,9,13,16H,6-8,10-11H2,1H3,(H2,24,26,31). The minimum Gasteiger partial charge on any atom is -0.377 e. The van der Waals surface area contributed by atoms with Crippen LogP contribution in [0.25, 0.3) is 11.4 Å². The maximum Gasteiger partial charge on any atom is 0.318 e. The van der Waals surface area contributed by atoms with Crippen molar-refractivity contribution in [2.24, 2.45) is 5.92 Å². The van der Waals surface area contributed by atoms with Crippen molar-refractivity contribution in [3.05, 3.63) is 30.5 Å². The number of anilines is 3. The molecule has 1 aromatic heterocycles. The summed E-state index contributed by atoms with van der Waals surface area (Å²) in [4.78, 5) is 36.9. The number of ether oxygens (including phenoxy) is 1. The fourth-order valence-electron chi connectivity index (χ4n) is 4.04. The summed E-state index contributed by atoms with van der Waals surface area (Å²) in [5.41, 5.74) is 1.77. The van der Waals surface area contributed by atoms with Crippen LogP contribution >= 0.6 is 0 Å². The molecule has 168 valence electrons. The number of fused-ring (bicyclic) bond motifs is 3.